The molecule has 2 N–H and O–H groups in total. The number of carbonyl (C=O) groups is 2. The van der Waals surface area contributed by atoms with Gasteiger partial charge in [0.05, 0.1) is 28.6 Å². The second-order valence-corrected chi connectivity index (χ2v) is 9.58. The molecule has 0 aromatic carbocycles. The number of aromatic nitrogens is 3. The van der Waals surface area contributed by atoms with E-state index in [1.807, 2.05) is 19.9 Å². The van der Waals surface area contributed by atoms with E-state index in [4.69, 9.17) is 4.74 Å². The predicted octanol–water partition coefficient (Wildman–Crippen LogP) is 2.25. The Labute approximate surface area is 190 Å². The molecule has 2 aliphatic heterocycles. The van der Waals surface area contributed by atoms with E-state index in [1.165, 1.54) is 27.8 Å². The molecule has 1 unspecified atom stereocenters. The van der Waals surface area contributed by atoms with Gasteiger partial charge in [0, 0.05) is 0 Å². The van der Waals surface area contributed by atoms with Crippen LogP contribution in [0.25, 0.3) is 0 Å². The maximum Gasteiger partial charge on any atom is 0.415 e. The predicted molar refractivity (Wildman–Crippen MR) is 121 cm³/mol. The monoisotopic (exact) mass is 454 g/mol. The Balaban J connectivity index is 1.11. The van der Waals surface area contributed by atoms with Gasteiger partial charge >= 0.3 is 6.09 Å². The number of hydrogen-bond acceptors (Lipinski definition) is 8. The number of rotatable bonds is 6. The van der Waals surface area contributed by atoms with Crippen molar-refractivity contribution in [2.75, 3.05) is 35.6 Å². The van der Waals surface area contributed by atoms with Gasteiger partial charge < -0.3 is 15.4 Å². The molecule has 1 fully saturated rings. The van der Waals surface area contributed by atoms with Crippen molar-refractivity contribution in [3.05, 3.63) is 34.6 Å². The zero-order chi connectivity index (χ0) is 22.2. The highest BCUT2D eigenvalue weighted by Gasteiger charge is 2.34. The number of anilines is 2. The maximum atomic E-state index is 12.4. The molecule has 32 heavy (non-hydrogen) atoms. The average molecular weight is 455 g/mol. The van der Waals surface area contributed by atoms with E-state index in [1.54, 1.807) is 6.07 Å². The number of hydrogen-bond donors (Lipinski definition) is 2. The van der Waals surface area contributed by atoms with Crippen molar-refractivity contribution in [2.24, 2.45) is 5.92 Å². The van der Waals surface area contributed by atoms with Gasteiger partial charge in [-0.3, -0.25) is 9.69 Å². The number of fused-ring (bicyclic) bond motifs is 2. The Bertz CT molecular complexity index is 1050. The smallest absolute Gasteiger partial charge is 0.415 e. The molecule has 3 aliphatic rings. The highest BCUT2D eigenvalue weighted by atomic mass is 32.2. The fraction of sp³-hybridized carbons (Fsp3) is 0.500. The number of carbonyl (C=O) groups excluding carboxylic acids is 2. The van der Waals surface area contributed by atoms with E-state index in [0.717, 1.165) is 48.6 Å². The number of nitrogens with one attached hydrogen (secondary N) is 2. The number of aryl methyl sites for hydroxylation is 2. The number of nitrogens with zero attached hydrogens (tertiary/aromatic N) is 4. The molecule has 1 saturated heterocycles. The lowest BCUT2D eigenvalue weighted by molar-refractivity contribution is -0.113. The molecule has 4 heterocycles. The van der Waals surface area contributed by atoms with Crippen molar-refractivity contribution in [1.29, 1.82) is 0 Å². The molecule has 1 aliphatic carbocycles. The lowest BCUT2D eigenvalue weighted by Crippen LogP contribution is -2.29. The van der Waals surface area contributed by atoms with Crippen molar-refractivity contribution in [2.45, 2.75) is 44.1 Å². The van der Waals surface area contributed by atoms with E-state index < -0.39 is 6.09 Å². The molecule has 168 valence electrons. The molecule has 0 bridgehead atoms. The third-order valence-corrected chi connectivity index (χ3v) is 7.31. The topological polar surface area (TPSA) is 109 Å². The molecule has 0 spiro atoms. The summed E-state index contributed by atoms with van der Waals surface area (Å²) < 4.78 is 5.55. The highest BCUT2D eigenvalue weighted by molar-refractivity contribution is 8.00. The summed E-state index contributed by atoms with van der Waals surface area (Å²) in [5.74, 6) is 1.86. The van der Waals surface area contributed by atoms with Crippen LogP contribution in [-0.2, 0) is 22.4 Å². The van der Waals surface area contributed by atoms with Crippen LogP contribution in [0.1, 0.15) is 28.9 Å². The van der Waals surface area contributed by atoms with E-state index in [0.29, 0.717) is 29.9 Å². The fourth-order valence-electron chi connectivity index (χ4n) is 4.58. The molecule has 10 heteroatoms. The highest BCUT2D eigenvalue weighted by Crippen LogP contribution is 2.33. The molecule has 2 amide bonds. The second kappa shape index (κ2) is 8.67. The molecule has 9 nitrogen and oxygen atoms in total. The maximum absolute atomic E-state index is 12.4. The normalized spacial score (nSPS) is 20.2. The lowest BCUT2D eigenvalue weighted by atomic mass is 10.1. The van der Waals surface area contributed by atoms with Crippen LogP contribution in [0.5, 0.6) is 0 Å². The molecule has 0 saturated carbocycles. The third-order valence-electron chi connectivity index (χ3n) is 6.26. The Morgan fingerprint density at radius 1 is 1.19 bits per heavy atom. The van der Waals surface area contributed by atoms with E-state index >= 15 is 0 Å². The Hall–Kier alpha value is -2.72. The van der Waals surface area contributed by atoms with Gasteiger partial charge in [-0.05, 0) is 75.4 Å². The Morgan fingerprint density at radius 2 is 1.94 bits per heavy atom. The van der Waals surface area contributed by atoms with Crippen molar-refractivity contribution in [1.82, 2.24) is 20.5 Å². The molecular formula is C22H26N6O3S. The van der Waals surface area contributed by atoms with Gasteiger partial charge in [0.25, 0.3) is 0 Å². The SMILES string of the molecule is Cc1nnc(C)c2c1CC(CNCCC1CN(c3ccc4c(n3)NC(=O)CS4)C(=O)O1)C2. The van der Waals surface area contributed by atoms with Gasteiger partial charge in [-0.15, -0.1) is 11.8 Å². The summed E-state index contributed by atoms with van der Waals surface area (Å²) >= 11 is 1.45. The number of cyclic esters (lactones) is 1. The summed E-state index contributed by atoms with van der Waals surface area (Å²) in [6, 6.07) is 3.69. The standard InChI is InChI=1S/C22H26N6O3S/c1-12-16-7-14(8-17(16)13(2)27-26-12)9-23-6-5-15-10-28(22(30)31-15)19-4-3-18-21(24-19)25-20(29)11-32-18/h3-4,14-15,23H,5-11H2,1-2H3,(H,24,25,29). The van der Waals surface area contributed by atoms with Crippen molar-refractivity contribution in [3.63, 3.8) is 0 Å². The van der Waals surface area contributed by atoms with Gasteiger partial charge in [-0.1, -0.05) is 0 Å². The molecule has 1 atom stereocenters. The minimum absolute atomic E-state index is 0.0803. The van der Waals surface area contributed by atoms with Gasteiger partial charge in [-0.25, -0.2) is 9.78 Å². The molecule has 0 radical (unpaired) electrons. The average Bonchev–Trinajstić information content (AvgIpc) is 3.38. The molecular weight excluding hydrogens is 428 g/mol. The van der Waals surface area contributed by atoms with E-state index in [-0.39, 0.29) is 12.0 Å². The fourth-order valence-corrected chi connectivity index (χ4v) is 5.33. The quantitative estimate of drug-likeness (QED) is 0.640. The zero-order valence-corrected chi connectivity index (χ0v) is 19.0. The summed E-state index contributed by atoms with van der Waals surface area (Å²) in [6.45, 7) is 6.22. The first-order valence-electron chi connectivity index (χ1n) is 10.9. The first-order chi connectivity index (χ1) is 15.5. The Kier molecular flexibility index (Phi) is 5.73. The molecule has 2 aromatic heterocycles. The van der Waals surface area contributed by atoms with Crippen molar-refractivity contribution >= 4 is 35.4 Å². The van der Waals surface area contributed by atoms with Crippen LogP contribution in [0.3, 0.4) is 0 Å². The minimum Gasteiger partial charge on any atom is -0.444 e. The van der Waals surface area contributed by atoms with Gasteiger partial charge in [0.1, 0.15) is 17.7 Å². The first-order valence-corrected chi connectivity index (χ1v) is 11.9. The second-order valence-electron chi connectivity index (χ2n) is 8.56. The molecule has 5 rings (SSSR count). The number of ether oxygens (including phenoxy) is 1. The van der Waals surface area contributed by atoms with Crippen LogP contribution in [0.2, 0.25) is 0 Å². The Morgan fingerprint density at radius 3 is 2.69 bits per heavy atom. The summed E-state index contributed by atoms with van der Waals surface area (Å²) in [6.07, 6.45) is 2.23. The number of amides is 2. The summed E-state index contributed by atoms with van der Waals surface area (Å²) in [5, 5.41) is 14.8. The van der Waals surface area contributed by atoms with E-state index in [2.05, 4.69) is 25.8 Å². The lowest BCUT2D eigenvalue weighted by Gasteiger charge is -2.18. The van der Waals surface area contributed by atoms with Gasteiger partial charge in [0.2, 0.25) is 5.91 Å². The first kappa shape index (κ1) is 21.1. The number of thioether (sulfide) groups is 1. The van der Waals surface area contributed by atoms with Crippen LogP contribution in [0.15, 0.2) is 17.0 Å². The largest absolute Gasteiger partial charge is 0.444 e. The molecule has 2 aromatic rings. The zero-order valence-electron chi connectivity index (χ0n) is 18.2. The van der Waals surface area contributed by atoms with Crippen LogP contribution in [0.4, 0.5) is 16.4 Å². The summed E-state index contributed by atoms with van der Waals surface area (Å²) in [7, 11) is 0. The van der Waals surface area contributed by atoms with Gasteiger partial charge in [0.15, 0.2) is 0 Å². The van der Waals surface area contributed by atoms with Crippen molar-refractivity contribution < 1.29 is 14.3 Å². The van der Waals surface area contributed by atoms with Crippen LogP contribution >= 0.6 is 11.8 Å². The van der Waals surface area contributed by atoms with Crippen molar-refractivity contribution in [3.8, 4) is 0 Å². The van der Waals surface area contributed by atoms with E-state index in [9.17, 15) is 9.59 Å². The third kappa shape index (κ3) is 4.16. The van der Waals surface area contributed by atoms with Gasteiger partial charge in [-0.2, -0.15) is 10.2 Å². The minimum atomic E-state index is -0.394. The van der Waals surface area contributed by atoms with Crippen LogP contribution in [-0.4, -0.2) is 58.7 Å². The van der Waals surface area contributed by atoms with Crippen LogP contribution in [0, 0.1) is 19.8 Å². The summed E-state index contributed by atoms with van der Waals surface area (Å²) in [4.78, 5) is 30.9. The van der Waals surface area contributed by atoms with Crippen LogP contribution < -0.4 is 15.5 Å². The summed E-state index contributed by atoms with van der Waals surface area (Å²) in [5.41, 5.74) is 4.80. The number of pyridine rings is 1.